The van der Waals surface area contributed by atoms with Gasteiger partial charge < -0.3 is 5.32 Å². The van der Waals surface area contributed by atoms with Crippen LogP contribution in [-0.2, 0) is 10.5 Å². The number of hydrogen-bond donors (Lipinski definition) is 1. The first-order valence-corrected chi connectivity index (χ1v) is 10.5. The fourth-order valence-corrected chi connectivity index (χ4v) is 4.61. The van der Waals surface area contributed by atoms with Gasteiger partial charge >= 0.3 is 0 Å². The van der Waals surface area contributed by atoms with E-state index in [0.717, 1.165) is 21.4 Å². The quantitative estimate of drug-likeness (QED) is 0.755. The third kappa shape index (κ3) is 4.89. The monoisotopic (exact) mass is 388 g/mol. The molecule has 0 saturated carbocycles. The summed E-state index contributed by atoms with van der Waals surface area (Å²) in [6.45, 7) is 4.08. The molecule has 0 radical (unpaired) electrons. The third-order valence-corrected chi connectivity index (χ3v) is 6.34. The normalized spacial score (nSPS) is 14.5. The fraction of sp³-hybridized carbons (Fsp3) is 0.300. The Hall–Kier alpha value is -1.79. The maximum atomic E-state index is 13.1. The number of aliphatic imine (C=N–C) groups is 1. The lowest BCUT2D eigenvalue weighted by atomic mass is 9.96. The van der Waals surface area contributed by atoms with Crippen molar-refractivity contribution < 1.29 is 9.18 Å². The van der Waals surface area contributed by atoms with E-state index in [9.17, 15) is 9.18 Å². The molecule has 1 aliphatic rings. The first-order valence-electron chi connectivity index (χ1n) is 8.50. The van der Waals surface area contributed by atoms with E-state index >= 15 is 0 Å². The Bertz CT molecular complexity index is 806. The number of halogens is 1. The second kappa shape index (κ2) is 8.73. The number of para-hydroxylation sites is 1. The number of thioether (sulfide) groups is 2. The largest absolute Gasteiger partial charge is 0.348 e. The molecule has 0 saturated heterocycles. The summed E-state index contributed by atoms with van der Waals surface area (Å²) in [7, 11) is 0. The van der Waals surface area contributed by atoms with Gasteiger partial charge in [-0.05, 0) is 35.2 Å². The number of nitrogens with one attached hydrogen (secondary N) is 1. The highest BCUT2D eigenvalue weighted by Gasteiger charge is 2.20. The Morgan fingerprint density at radius 3 is 2.69 bits per heavy atom. The Morgan fingerprint density at radius 1 is 1.23 bits per heavy atom. The van der Waals surface area contributed by atoms with Gasteiger partial charge in [-0.1, -0.05) is 67.7 Å². The van der Waals surface area contributed by atoms with Gasteiger partial charge in [-0.25, -0.2) is 9.38 Å². The predicted molar refractivity (Wildman–Crippen MR) is 109 cm³/mol. The van der Waals surface area contributed by atoms with Crippen molar-refractivity contribution in [3.8, 4) is 0 Å². The molecule has 0 aliphatic carbocycles. The molecule has 0 aromatic heterocycles. The van der Waals surface area contributed by atoms with Crippen molar-refractivity contribution in [3.05, 3.63) is 65.5 Å². The average molecular weight is 389 g/mol. The topological polar surface area (TPSA) is 41.5 Å². The second-order valence-corrected chi connectivity index (χ2v) is 8.61. The Kier molecular flexibility index (Phi) is 6.38. The number of nitrogens with zero attached hydrogens (tertiary/aromatic N) is 1. The van der Waals surface area contributed by atoms with E-state index in [2.05, 4.69) is 16.4 Å². The summed E-state index contributed by atoms with van der Waals surface area (Å²) in [5.41, 5.74) is 3.13. The first-order chi connectivity index (χ1) is 12.5. The van der Waals surface area contributed by atoms with E-state index in [-0.39, 0.29) is 23.7 Å². The van der Waals surface area contributed by atoms with Crippen LogP contribution in [0.2, 0.25) is 0 Å². The maximum Gasteiger partial charge on any atom is 0.230 e. The third-order valence-electron chi connectivity index (χ3n) is 4.09. The van der Waals surface area contributed by atoms with E-state index in [1.807, 2.05) is 32.0 Å². The summed E-state index contributed by atoms with van der Waals surface area (Å²) in [5, 5.41) is 3.06. The summed E-state index contributed by atoms with van der Waals surface area (Å²) < 4.78 is 14.1. The molecule has 6 heteroatoms. The predicted octanol–water partition coefficient (Wildman–Crippen LogP) is 5.31. The van der Waals surface area contributed by atoms with Crippen LogP contribution in [-0.4, -0.2) is 16.0 Å². The van der Waals surface area contributed by atoms with Gasteiger partial charge in [0.05, 0.1) is 17.5 Å². The van der Waals surface area contributed by atoms with Gasteiger partial charge in [-0.2, -0.15) is 0 Å². The van der Waals surface area contributed by atoms with E-state index < -0.39 is 0 Å². The zero-order valence-electron chi connectivity index (χ0n) is 14.7. The highest BCUT2D eigenvalue weighted by atomic mass is 32.2. The van der Waals surface area contributed by atoms with Crippen LogP contribution < -0.4 is 5.32 Å². The first kappa shape index (κ1) is 19.0. The molecule has 1 aliphatic heterocycles. The fourth-order valence-electron chi connectivity index (χ4n) is 2.73. The van der Waals surface area contributed by atoms with Crippen LogP contribution in [0.1, 0.15) is 31.0 Å². The highest BCUT2D eigenvalue weighted by Crippen LogP contribution is 2.34. The summed E-state index contributed by atoms with van der Waals surface area (Å²) in [5.74, 6) is 1.10. The van der Waals surface area contributed by atoms with Gasteiger partial charge in [-0.15, -0.1) is 0 Å². The molecule has 1 unspecified atom stereocenters. The smallest absolute Gasteiger partial charge is 0.230 e. The van der Waals surface area contributed by atoms with E-state index in [0.29, 0.717) is 5.75 Å². The van der Waals surface area contributed by atoms with Crippen LogP contribution >= 0.6 is 23.5 Å². The zero-order chi connectivity index (χ0) is 18.5. The molecule has 1 N–H and O–H groups in total. The molecule has 26 heavy (non-hydrogen) atoms. The second-order valence-electron chi connectivity index (χ2n) is 6.42. The molecule has 0 fully saturated rings. The van der Waals surface area contributed by atoms with Gasteiger partial charge in [0.25, 0.3) is 0 Å². The van der Waals surface area contributed by atoms with E-state index in [1.165, 1.54) is 29.5 Å². The summed E-state index contributed by atoms with van der Waals surface area (Å²) >= 11 is 3.12. The van der Waals surface area contributed by atoms with Crippen molar-refractivity contribution in [1.29, 1.82) is 0 Å². The average Bonchev–Trinajstić information content (AvgIpc) is 2.65. The Balaban J connectivity index is 1.59. The van der Waals surface area contributed by atoms with Crippen LogP contribution in [0.25, 0.3) is 0 Å². The number of carbonyl (C=O) groups is 1. The minimum Gasteiger partial charge on any atom is -0.348 e. The lowest BCUT2D eigenvalue weighted by molar-refractivity contribution is -0.119. The Morgan fingerprint density at radius 2 is 1.96 bits per heavy atom. The highest BCUT2D eigenvalue weighted by molar-refractivity contribution is 8.38. The minimum absolute atomic E-state index is 0.0415. The van der Waals surface area contributed by atoms with Crippen LogP contribution in [0.5, 0.6) is 0 Å². The van der Waals surface area contributed by atoms with E-state index in [4.69, 9.17) is 0 Å². The molecule has 136 valence electrons. The lowest BCUT2D eigenvalue weighted by Crippen LogP contribution is -2.33. The number of carbonyl (C=O) groups excluding carboxylic acids is 1. The molecular formula is C20H21FN2OS2. The number of fused-ring (bicyclic) bond motifs is 1. The molecule has 3 rings (SSSR count). The molecule has 2 aromatic carbocycles. The molecular weight excluding hydrogens is 367 g/mol. The summed E-state index contributed by atoms with van der Waals surface area (Å²) in [6.07, 6.45) is 0. The van der Waals surface area contributed by atoms with Gasteiger partial charge in [-0.3, -0.25) is 4.79 Å². The molecule has 1 heterocycles. The number of benzene rings is 2. The van der Waals surface area contributed by atoms with Gasteiger partial charge in [0, 0.05) is 5.75 Å². The van der Waals surface area contributed by atoms with Crippen molar-refractivity contribution >= 4 is 39.5 Å². The van der Waals surface area contributed by atoms with E-state index in [1.54, 1.807) is 23.9 Å². The Labute approximate surface area is 161 Å². The number of amides is 1. The molecule has 1 atom stereocenters. The maximum absolute atomic E-state index is 13.1. The molecule has 2 aromatic rings. The van der Waals surface area contributed by atoms with Crippen LogP contribution in [0, 0.1) is 11.7 Å². The van der Waals surface area contributed by atoms with Crippen molar-refractivity contribution in [2.75, 3.05) is 5.75 Å². The van der Waals surface area contributed by atoms with Crippen LogP contribution in [0.3, 0.4) is 0 Å². The van der Waals surface area contributed by atoms with Gasteiger partial charge in [0.15, 0.2) is 0 Å². The van der Waals surface area contributed by atoms with Gasteiger partial charge in [0.1, 0.15) is 10.2 Å². The molecule has 0 spiro atoms. The van der Waals surface area contributed by atoms with Crippen molar-refractivity contribution in [1.82, 2.24) is 5.32 Å². The van der Waals surface area contributed by atoms with Crippen molar-refractivity contribution in [3.63, 3.8) is 0 Å². The van der Waals surface area contributed by atoms with Crippen LogP contribution in [0.15, 0.2) is 53.5 Å². The van der Waals surface area contributed by atoms with Crippen molar-refractivity contribution in [2.45, 2.75) is 25.6 Å². The molecule has 1 amide bonds. The number of hydrogen-bond acceptors (Lipinski definition) is 4. The lowest BCUT2D eigenvalue weighted by Gasteiger charge is -2.23. The van der Waals surface area contributed by atoms with Gasteiger partial charge in [0.2, 0.25) is 5.91 Å². The standard InChI is InChI=1S/C20H21FN2OS2/c1-13(2)19(14-7-9-16(21)10-8-14)23-18(24)12-26-20-22-17-6-4-3-5-15(17)11-25-20/h3-10,13,19H,11-12H2,1-2H3,(H,23,24). The number of rotatable bonds is 5. The summed E-state index contributed by atoms with van der Waals surface area (Å²) in [6, 6.07) is 14.2. The molecule has 0 bridgehead atoms. The minimum atomic E-state index is -0.272. The van der Waals surface area contributed by atoms with Crippen molar-refractivity contribution in [2.24, 2.45) is 10.9 Å². The molecule has 3 nitrogen and oxygen atoms in total. The van der Waals surface area contributed by atoms with Crippen LogP contribution in [0.4, 0.5) is 10.1 Å². The summed E-state index contributed by atoms with van der Waals surface area (Å²) in [4.78, 5) is 17.0. The zero-order valence-corrected chi connectivity index (χ0v) is 16.4. The SMILES string of the molecule is CC(C)C(NC(=O)CSC1=Nc2ccccc2CS1)c1ccc(F)cc1.